The normalized spacial score (nSPS) is 26.5. The number of halogens is 1. The van der Waals surface area contributed by atoms with Gasteiger partial charge in [0.05, 0.1) is 11.2 Å². The fraction of sp³-hybridized carbons (Fsp3) is 0.733. The summed E-state index contributed by atoms with van der Waals surface area (Å²) in [7, 11) is 0. The van der Waals surface area contributed by atoms with Crippen LogP contribution in [0.25, 0.3) is 0 Å². The summed E-state index contributed by atoms with van der Waals surface area (Å²) in [6, 6.07) is 0.362. The molecule has 1 heterocycles. The van der Waals surface area contributed by atoms with Crippen LogP contribution in [-0.4, -0.2) is 15.8 Å². The standard InChI is InChI=1S/C15H22ClN3O/c1-10-3-2-4-12(7-10)18-14-13(16)8-17-19(15(14)20)9-11-5-6-11/h8,10-12,18H,2-7,9H2,1H3. The van der Waals surface area contributed by atoms with Crippen molar-refractivity contribution in [1.82, 2.24) is 9.78 Å². The Hall–Kier alpha value is -1.03. The Bertz CT molecular complexity index is 538. The second kappa shape index (κ2) is 5.76. The van der Waals surface area contributed by atoms with Crippen molar-refractivity contribution in [3.05, 3.63) is 21.6 Å². The lowest BCUT2D eigenvalue weighted by molar-refractivity contribution is 0.358. The average molecular weight is 296 g/mol. The minimum atomic E-state index is -0.0670. The SMILES string of the molecule is CC1CCCC(Nc2c(Cl)cnn(CC3CC3)c2=O)C1. The van der Waals surface area contributed by atoms with Crippen molar-refractivity contribution in [2.24, 2.45) is 11.8 Å². The van der Waals surface area contributed by atoms with Gasteiger partial charge in [-0.25, -0.2) is 4.68 Å². The maximum Gasteiger partial charge on any atom is 0.291 e. The summed E-state index contributed by atoms with van der Waals surface area (Å²) < 4.78 is 1.57. The van der Waals surface area contributed by atoms with Gasteiger partial charge in [0.25, 0.3) is 5.56 Å². The van der Waals surface area contributed by atoms with Gasteiger partial charge in [0.2, 0.25) is 0 Å². The maximum absolute atomic E-state index is 12.5. The van der Waals surface area contributed by atoms with Gasteiger partial charge in [-0.15, -0.1) is 0 Å². The molecule has 0 saturated heterocycles. The van der Waals surface area contributed by atoms with Gasteiger partial charge >= 0.3 is 0 Å². The summed E-state index contributed by atoms with van der Waals surface area (Å²) in [5.74, 6) is 1.35. The summed E-state index contributed by atoms with van der Waals surface area (Å²) in [5, 5.41) is 7.98. The predicted octanol–water partition coefficient (Wildman–Crippen LogP) is 3.30. The molecular weight excluding hydrogens is 274 g/mol. The van der Waals surface area contributed by atoms with Crippen LogP contribution in [0, 0.1) is 11.8 Å². The van der Waals surface area contributed by atoms with E-state index in [1.807, 2.05) is 0 Å². The molecule has 3 rings (SSSR count). The molecule has 1 N–H and O–H groups in total. The van der Waals surface area contributed by atoms with E-state index in [1.54, 1.807) is 10.9 Å². The summed E-state index contributed by atoms with van der Waals surface area (Å²) in [6.07, 6.45) is 8.75. The molecule has 4 nitrogen and oxygen atoms in total. The number of rotatable bonds is 4. The Balaban J connectivity index is 1.78. The average Bonchev–Trinajstić information content (AvgIpc) is 3.22. The molecule has 1 aromatic heterocycles. The molecule has 2 atom stereocenters. The van der Waals surface area contributed by atoms with Crippen molar-refractivity contribution < 1.29 is 0 Å². The highest BCUT2D eigenvalue weighted by Gasteiger charge is 2.25. The lowest BCUT2D eigenvalue weighted by Gasteiger charge is -2.28. The van der Waals surface area contributed by atoms with Crippen LogP contribution in [0.4, 0.5) is 5.69 Å². The van der Waals surface area contributed by atoms with Crippen LogP contribution in [0.1, 0.15) is 45.4 Å². The molecule has 0 radical (unpaired) electrons. The van der Waals surface area contributed by atoms with Crippen LogP contribution >= 0.6 is 11.6 Å². The van der Waals surface area contributed by atoms with Gasteiger partial charge in [-0.3, -0.25) is 4.79 Å². The van der Waals surface area contributed by atoms with E-state index in [4.69, 9.17) is 11.6 Å². The Morgan fingerprint density at radius 3 is 2.90 bits per heavy atom. The maximum atomic E-state index is 12.5. The zero-order chi connectivity index (χ0) is 14.1. The molecule has 110 valence electrons. The summed E-state index contributed by atoms with van der Waals surface area (Å²) in [5.41, 5.74) is 0.476. The molecule has 1 aromatic rings. The Morgan fingerprint density at radius 1 is 1.40 bits per heavy atom. The number of nitrogens with zero attached hydrogens (tertiary/aromatic N) is 2. The van der Waals surface area contributed by atoms with E-state index >= 15 is 0 Å². The summed E-state index contributed by atoms with van der Waals surface area (Å²) >= 11 is 6.17. The molecule has 0 aliphatic heterocycles. The van der Waals surface area contributed by atoms with Crippen LogP contribution in [0.15, 0.2) is 11.0 Å². The smallest absolute Gasteiger partial charge is 0.291 e. The zero-order valence-electron chi connectivity index (χ0n) is 11.9. The fourth-order valence-electron chi connectivity index (χ4n) is 3.04. The number of hydrogen-bond acceptors (Lipinski definition) is 3. The molecule has 20 heavy (non-hydrogen) atoms. The van der Waals surface area contributed by atoms with Gasteiger partial charge in [0.1, 0.15) is 5.69 Å². The lowest BCUT2D eigenvalue weighted by Crippen LogP contribution is -2.32. The monoisotopic (exact) mass is 295 g/mol. The number of hydrogen-bond donors (Lipinski definition) is 1. The predicted molar refractivity (Wildman–Crippen MR) is 81.3 cm³/mol. The molecule has 0 aromatic carbocycles. The highest BCUT2D eigenvalue weighted by atomic mass is 35.5. The minimum absolute atomic E-state index is 0.0670. The molecule has 0 spiro atoms. The van der Waals surface area contributed by atoms with E-state index in [1.165, 1.54) is 25.7 Å². The second-order valence-electron chi connectivity index (χ2n) is 6.41. The van der Waals surface area contributed by atoms with Crippen LogP contribution in [0.5, 0.6) is 0 Å². The van der Waals surface area contributed by atoms with Crippen molar-refractivity contribution in [2.75, 3.05) is 5.32 Å². The first kappa shape index (κ1) is 13.9. The quantitative estimate of drug-likeness (QED) is 0.927. The third-order valence-corrected chi connectivity index (χ3v) is 4.70. The summed E-state index contributed by atoms with van der Waals surface area (Å²) in [4.78, 5) is 12.5. The third-order valence-electron chi connectivity index (χ3n) is 4.41. The number of aromatic nitrogens is 2. The molecular formula is C15H22ClN3O. The Morgan fingerprint density at radius 2 is 2.20 bits per heavy atom. The molecule has 0 bridgehead atoms. The zero-order valence-corrected chi connectivity index (χ0v) is 12.7. The van der Waals surface area contributed by atoms with Gasteiger partial charge in [-0.2, -0.15) is 5.10 Å². The van der Waals surface area contributed by atoms with Crippen molar-refractivity contribution >= 4 is 17.3 Å². The third kappa shape index (κ3) is 3.17. The molecule has 2 aliphatic carbocycles. The highest BCUT2D eigenvalue weighted by molar-refractivity contribution is 6.33. The van der Waals surface area contributed by atoms with Crippen molar-refractivity contribution in [3.8, 4) is 0 Å². The molecule has 5 heteroatoms. The van der Waals surface area contributed by atoms with Crippen molar-refractivity contribution in [1.29, 1.82) is 0 Å². The first-order chi connectivity index (χ1) is 9.63. The first-order valence-corrected chi connectivity index (χ1v) is 8.03. The van der Waals surface area contributed by atoms with E-state index in [9.17, 15) is 4.79 Å². The minimum Gasteiger partial charge on any atom is -0.377 e. The van der Waals surface area contributed by atoms with Crippen LogP contribution in [-0.2, 0) is 6.54 Å². The summed E-state index contributed by atoms with van der Waals surface area (Å²) in [6.45, 7) is 3.00. The van der Waals surface area contributed by atoms with Gasteiger partial charge < -0.3 is 5.32 Å². The Kier molecular flexibility index (Phi) is 4.01. The second-order valence-corrected chi connectivity index (χ2v) is 6.82. The first-order valence-electron chi connectivity index (χ1n) is 7.65. The van der Waals surface area contributed by atoms with Crippen LogP contribution in [0.3, 0.4) is 0 Å². The van der Waals surface area contributed by atoms with E-state index in [2.05, 4.69) is 17.3 Å². The van der Waals surface area contributed by atoms with Gasteiger partial charge in [0.15, 0.2) is 0 Å². The molecule has 2 unspecified atom stereocenters. The van der Waals surface area contributed by atoms with E-state index in [-0.39, 0.29) is 5.56 Å². The van der Waals surface area contributed by atoms with E-state index in [0.29, 0.717) is 22.7 Å². The van der Waals surface area contributed by atoms with Crippen molar-refractivity contribution in [3.63, 3.8) is 0 Å². The van der Waals surface area contributed by atoms with Gasteiger partial charge in [-0.05, 0) is 37.5 Å². The van der Waals surface area contributed by atoms with Crippen molar-refractivity contribution in [2.45, 2.75) is 58.0 Å². The molecule has 2 fully saturated rings. The fourth-order valence-corrected chi connectivity index (χ4v) is 3.22. The van der Waals surface area contributed by atoms with E-state index in [0.717, 1.165) is 25.3 Å². The molecule has 2 aliphatic rings. The highest BCUT2D eigenvalue weighted by Crippen LogP contribution is 2.30. The van der Waals surface area contributed by atoms with Crippen LogP contribution < -0.4 is 10.9 Å². The Labute approximate surface area is 124 Å². The van der Waals surface area contributed by atoms with E-state index < -0.39 is 0 Å². The number of anilines is 1. The molecule has 0 amide bonds. The molecule has 2 saturated carbocycles. The lowest BCUT2D eigenvalue weighted by atomic mass is 9.87. The van der Waals surface area contributed by atoms with Gasteiger partial charge in [-0.1, -0.05) is 31.4 Å². The van der Waals surface area contributed by atoms with Gasteiger partial charge in [0, 0.05) is 12.6 Å². The topological polar surface area (TPSA) is 46.9 Å². The largest absolute Gasteiger partial charge is 0.377 e. The van der Waals surface area contributed by atoms with Crippen LogP contribution in [0.2, 0.25) is 5.02 Å². The number of nitrogens with one attached hydrogen (secondary N) is 1.